The largest absolute Gasteiger partial charge is 0.504 e. The Bertz CT molecular complexity index is 656. The Kier molecular flexibility index (Phi) is 6.83. The molecule has 1 aromatic carbocycles. The molecule has 0 saturated heterocycles. The van der Waals surface area contributed by atoms with Gasteiger partial charge in [-0.15, -0.1) is 0 Å². The molecule has 2 saturated carbocycles. The maximum absolute atomic E-state index is 10.2. The number of benzene rings is 1. The molecule has 0 aliphatic heterocycles. The number of aromatic hydroxyl groups is 3. The number of hydrogen-bond acceptors (Lipinski definition) is 3. The second-order valence-electron chi connectivity index (χ2n) is 10.0. The Morgan fingerprint density at radius 3 is 1.79 bits per heavy atom. The van der Waals surface area contributed by atoms with Crippen LogP contribution in [0.4, 0.5) is 0 Å². The van der Waals surface area contributed by atoms with Crippen molar-refractivity contribution in [2.45, 2.75) is 110 Å². The van der Waals surface area contributed by atoms with Crippen LogP contribution in [0.5, 0.6) is 17.2 Å². The SMILES string of the molecule is CCC1(CCCCCCc2cc(CCCCC3(C)CC3)c(O)c(O)c2O)CC1. The van der Waals surface area contributed by atoms with E-state index in [1.807, 2.05) is 6.07 Å². The van der Waals surface area contributed by atoms with Crippen molar-refractivity contribution >= 4 is 0 Å². The average molecular weight is 389 g/mol. The van der Waals surface area contributed by atoms with Crippen molar-refractivity contribution in [3.8, 4) is 17.2 Å². The summed E-state index contributed by atoms with van der Waals surface area (Å²) < 4.78 is 0. The van der Waals surface area contributed by atoms with E-state index >= 15 is 0 Å². The van der Waals surface area contributed by atoms with Gasteiger partial charge in [0.2, 0.25) is 5.75 Å². The Hall–Kier alpha value is -1.38. The molecule has 0 unspecified atom stereocenters. The molecule has 2 fully saturated rings. The minimum absolute atomic E-state index is 0.130. The van der Waals surface area contributed by atoms with E-state index in [0.717, 1.165) is 49.7 Å². The zero-order valence-electron chi connectivity index (χ0n) is 18.0. The van der Waals surface area contributed by atoms with E-state index in [4.69, 9.17) is 0 Å². The lowest BCUT2D eigenvalue weighted by atomic mass is 9.94. The summed E-state index contributed by atoms with van der Waals surface area (Å²) in [6.07, 6.45) is 18.0. The molecule has 3 rings (SSSR count). The molecule has 3 nitrogen and oxygen atoms in total. The predicted molar refractivity (Wildman–Crippen MR) is 115 cm³/mol. The van der Waals surface area contributed by atoms with Gasteiger partial charge in [0.15, 0.2) is 11.5 Å². The van der Waals surface area contributed by atoms with Gasteiger partial charge in [0.25, 0.3) is 0 Å². The van der Waals surface area contributed by atoms with Crippen LogP contribution in [0, 0.1) is 10.8 Å². The average Bonchev–Trinajstić information content (AvgIpc) is 3.61. The topological polar surface area (TPSA) is 60.7 Å². The molecule has 28 heavy (non-hydrogen) atoms. The van der Waals surface area contributed by atoms with Gasteiger partial charge in [0.1, 0.15) is 0 Å². The summed E-state index contributed by atoms with van der Waals surface area (Å²) >= 11 is 0. The van der Waals surface area contributed by atoms with Crippen molar-refractivity contribution in [1.82, 2.24) is 0 Å². The minimum Gasteiger partial charge on any atom is -0.504 e. The molecule has 1 aromatic rings. The summed E-state index contributed by atoms with van der Waals surface area (Å²) in [6.45, 7) is 4.67. The first-order valence-corrected chi connectivity index (χ1v) is 11.6. The van der Waals surface area contributed by atoms with Gasteiger partial charge in [-0.05, 0) is 92.2 Å². The summed E-state index contributed by atoms with van der Waals surface area (Å²) in [5, 5.41) is 30.6. The lowest BCUT2D eigenvalue weighted by Crippen LogP contribution is -1.98. The number of aryl methyl sites for hydroxylation is 2. The first-order chi connectivity index (χ1) is 13.4. The van der Waals surface area contributed by atoms with Gasteiger partial charge in [0, 0.05) is 0 Å². The molecule has 158 valence electrons. The molecule has 0 spiro atoms. The standard InChI is InChI=1S/C25H40O3/c1-3-25(16-17-25)13-8-5-4-6-10-19-18-20(22(27)23(28)21(19)26)11-7-9-12-24(2)14-15-24/h18,26-28H,3-17H2,1-2H3. The maximum atomic E-state index is 10.2. The number of phenolic OH excluding ortho intramolecular Hbond substituents is 3. The Labute approximate surface area is 171 Å². The fraction of sp³-hybridized carbons (Fsp3) is 0.760. The van der Waals surface area contributed by atoms with Crippen LogP contribution in [0.25, 0.3) is 0 Å². The summed E-state index contributed by atoms with van der Waals surface area (Å²) in [7, 11) is 0. The fourth-order valence-corrected chi connectivity index (χ4v) is 4.60. The van der Waals surface area contributed by atoms with Crippen LogP contribution in [0.2, 0.25) is 0 Å². The molecule has 0 bridgehead atoms. The van der Waals surface area contributed by atoms with Gasteiger partial charge in [-0.2, -0.15) is 0 Å². The highest BCUT2D eigenvalue weighted by Crippen LogP contribution is 2.52. The van der Waals surface area contributed by atoms with E-state index in [1.54, 1.807) is 0 Å². The fourth-order valence-electron chi connectivity index (χ4n) is 4.60. The van der Waals surface area contributed by atoms with Crippen LogP contribution in [0.15, 0.2) is 6.07 Å². The Morgan fingerprint density at radius 1 is 0.714 bits per heavy atom. The molecule has 3 N–H and O–H groups in total. The Morgan fingerprint density at radius 2 is 1.25 bits per heavy atom. The zero-order chi connectivity index (χ0) is 20.2. The van der Waals surface area contributed by atoms with Gasteiger partial charge in [0.05, 0.1) is 0 Å². The van der Waals surface area contributed by atoms with Gasteiger partial charge in [-0.1, -0.05) is 46.0 Å². The van der Waals surface area contributed by atoms with E-state index in [0.29, 0.717) is 10.8 Å². The van der Waals surface area contributed by atoms with Crippen molar-refractivity contribution in [3.63, 3.8) is 0 Å². The van der Waals surface area contributed by atoms with Crippen LogP contribution >= 0.6 is 0 Å². The highest BCUT2D eigenvalue weighted by Gasteiger charge is 2.39. The second-order valence-corrected chi connectivity index (χ2v) is 10.0. The van der Waals surface area contributed by atoms with Gasteiger partial charge >= 0.3 is 0 Å². The smallest absolute Gasteiger partial charge is 0.200 e. The van der Waals surface area contributed by atoms with Crippen molar-refractivity contribution in [3.05, 3.63) is 17.2 Å². The van der Waals surface area contributed by atoms with Crippen molar-refractivity contribution < 1.29 is 15.3 Å². The van der Waals surface area contributed by atoms with Gasteiger partial charge in [-0.25, -0.2) is 0 Å². The summed E-state index contributed by atoms with van der Waals surface area (Å²) in [4.78, 5) is 0. The van der Waals surface area contributed by atoms with Crippen molar-refractivity contribution in [2.75, 3.05) is 0 Å². The maximum Gasteiger partial charge on any atom is 0.200 e. The Balaban J connectivity index is 1.42. The van der Waals surface area contributed by atoms with Crippen LogP contribution in [0.3, 0.4) is 0 Å². The molecule has 2 aliphatic carbocycles. The normalized spacial score (nSPS) is 18.9. The van der Waals surface area contributed by atoms with Gasteiger partial charge in [-0.3, -0.25) is 0 Å². The molecule has 0 heterocycles. The minimum atomic E-state index is -0.333. The molecule has 3 heteroatoms. The lowest BCUT2D eigenvalue weighted by Gasteiger charge is -2.14. The molecule has 0 aromatic heterocycles. The third kappa shape index (κ3) is 5.58. The van der Waals surface area contributed by atoms with Crippen LogP contribution in [0.1, 0.15) is 108 Å². The van der Waals surface area contributed by atoms with E-state index in [9.17, 15) is 15.3 Å². The monoisotopic (exact) mass is 388 g/mol. The quantitative estimate of drug-likeness (QED) is 0.252. The third-order valence-corrected chi connectivity index (χ3v) is 7.60. The zero-order valence-corrected chi connectivity index (χ0v) is 18.0. The van der Waals surface area contributed by atoms with Crippen LogP contribution in [-0.2, 0) is 12.8 Å². The highest BCUT2D eigenvalue weighted by atomic mass is 16.3. The first-order valence-electron chi connectivity index (χ1n) is 11.6. The summed E-state index contributed by atoms with van der Waals surface area (Å²) in [5.74, 6) is -0.594. The molecule has 0 amide bonds. The van der Waals surface area contributed by atoms with Gasteiger partial charge < -0.3 is 15.3 Å². The number of phenols is 3. The molecular weight excluding hydrogens is 348 g/mol. The predicted octanol–water partition coefficient (Wildman–Crippen LogP) is 7.00. The van der Waals surface area contributed by atoms with E-state index in [2.05, 4.69) is 13.8 Å². The summed E-state index contributed by atoms with van der Waals surface area (Å²) in [5.41, 5.74) is 2.82. The number of rotatable bonds is 13. The highest BCUT2D eigenvalue weighted by molar-refractivity contribution is 5.57. The van der Waals surface area contributed by atoms with Crippen LogP contribution < -0.4 is 0 Å². The lowest BCUT2D eigenvalue weighted by molar-refractivity contribution is 0.361. The third-order valence-electron chi connectivity index (χ3n) is 7.60. The van der Waals surface area contributed by atoms with E-state index in [-0.39, 0.29) is 17.2 Å². The first kappa shape index (κ1) is 21.3. The molecule has 2 aliphatic rings. The van der Waals surface area contributed by atoms with Crippen molar-refractivity contribution in [2.24, 2.45) is 10.8 Å². The van der Waals surface area contributed by atoms with E-state index < -0.39 is 0 Å². The second kappa shape index (κ2) is 8.97. The summed E-state index contributed by atoms with van der Waals surface area (Å²) in [6, 6.07) is 1.92. The number of unbranched alkanes of at least 4 members (excludes halogenated alkanes) is 4. The number of hydrogen-bond donors (Lipinski definition) is 3. The molecule has 0 radical (unpaired) electrons. The molecule has 0 atom stereocenters. The molecular formula is C25H40O3. The van der Waals surface area contributed by atoms with E-state index in [1.165, 1.54) is 57.8 Å². The van der Waals surface area contributed by atoms with Crippen molar-refractivity contribution in [1.29, 1.82) is 0 Å². The van der Waals surface area contributed by atoms with Crippen LogP contribution in [-0.4, -0.2) is 15.3 Å².